The zero-order chi connectivity index (χ0) is 16.7. The number of halogens is 1. The van der Waals surface area contributed by atoms with E-state index < -0.39 is 0 Å². The predicted molar refractivity (Wildman–Crippen MR) is 89.5 cm³/mol. The van der Waals surface area contributed by atoms with Crippen molar-refractivity contribution in [2.45, 2.75) is 26.8 Å². The molecule has 0 aliphatic heterocycles. The minimum Gasteiger partial charge on any atom is -0.269 e. The molecular weight excluding hydrogens is 327 g/mol. The summed E-state index contributed by atoms with van der Waals surface area (Å²) in [5.74, 6) is 0.480. The number of hydrogen-bond acceptors (Lipinski definition) is 5. The molecule has 0 saturated heterocycles. The maximum absolute atomic E-state index is 13.0. The van der Waals surface area contributed by atoms with E-state index in [4.69, 9.17) is 0 Å². The third kappa shape index (κ3) is 2.58. The van der Waals surface area contributed by atoms with E-state index in [0.29, 0.717) is 6.42 Å². The average Bonchev–Trinajstić information content (AvgIpc) is 3.24. The van der Waals surface area contributed by atoms with Crippen molar-refractivity contribution in [2.24, 2.45) is 0 Å². The van der Waals surface area contributed by atoms with Gasteiger partial charge in [-0.25, -0.2) is 4.39 Å². The van der Waals surface area contributed by atoms with Crippen LogP contribution in [-0.4, -0.2) is 29.6 Å². The standard InChI is InChI=1S/C16H15FN6S/c1-3-22-10(2)8-13(20-22)15-21-23-14(18-19-16(23)24-15)9-11-4-6-12(17)7-5-11/h4-8H,3,9H2,1-2H3. The molecule has 0 N–H and O–H groups in total. The lowest BCUT2D eigenvalue weighted by Gasteiger charge is -1.98. The van der Waals surface area contributed by atoms with E-state index in [1.165, 1.54) is 23.5 Å². The Bertz CT molecular complexity index is 998. The van der Waals surface area contributed by atoms with E-state index in [1.54, 1.807) is 16.6 Å². The van der Waals surface area contributed by atoms with E-state index in [2.05, 4.69) is 27.3 Å². The number of aryl methyl sites for hydroxylation is 2. The molecule has 3 heterocycles. The molecule has 3 aromatic heterocycles. The molecule has 0 aliphatic carbocycles. The summed E-state index contributed by atoms with van der Waals surface area (Å²) >= 11 is 1.46. The van der Waals surface area contributed by atoms with Gasteiger partial charge in [-0.15, -0.1) is 10.2 Å². The zero-order valence-electron chi connectivity index (χ0n) is 13.3. The molecule has 0 amide bonds. The summed E-state index contributed by atoms with van der Waals surface area (Å²) in [6, 6.07) is 8.40. The van der Waals surface area contributed by atoms with Crippen molar-refractivity contribution < 1.29 is 4.39 Å². The first-order valence-electron chi connectivity index (χ1n) is 7.64. The highest BCUT2D eigenvalue weighted by molar-refractivity contribution is 7.19. The molecule has 4 aromatic rings. The Kier molecular flexibility index (Phi) is 3.61. The lowest BCUT2D eigenvalue weighted by Crippen LogP contribution is -1.99. The van der Waals surface area contributed by atoms with Gasteiger partial charge in [0, 0.05) is 18.7 Å². The van der Waals surface area contributed by atoms with Gasteiger partial charge in [-0.2, -0.15) is 14.7 Å². The number of fused-ring (bicyclic) bond motifs is 1. The summed E-state index contributed by atoms with van der Waals surface area (Å²) in [4.78, 5) is 0.728. The molecule has 0 atom stereocenters. The van der Waals surface area contributed by atoms with Crippen molar-refractivity contribution in [1.82, 2.24) is 29.6 Å². The van der Waals surface area contributed by atoms with Gasteiger partial charge < -0.3 is 0 Å². The Morgan fingerprint density at radius 1 is 1.12 bits per heavy atom. The molecule has 0 fully saturated rings. The molecule has 1 aromatic carbocycles. The summed E-state index contributed by atoms with van der Waals surface area (Å²) in [6.45, 7) is 4.91. The molecule has 122 valence electrons. The largest absolute Gasteiger partial charge is 0.269 e. The van der Waals surface area contributed by atoms with Gasteiger partial charge in [0.1, 0.15) is 11.5 Å². The highest BCUT2D eigenvalue weighted by atomic mass is 32.1. The van der Waals surface area contributed by atoms with Crippen LogP contribution in [0.3, 0.4) is 0 Å². The van der Waals surface area contributed by atoms with Crippen LogP contribution >= 0.6 is 11.3 Å². The lowest BCUT2D eigenvalue weighted by molar-refractivity contribution is 0.627. The van der Waals surface area contributed by atoms with Crippen molar-refractivity contribution in [3.8, 4) is 10.7 Å². The molecule has 6 nitrogen and oxygen atoms in total. The Balaban J connectivity index is 1.68. The van der Waals surface area contributed by atoms with Crippen molar-refractivity contribution in [3.63, 3.8) is 0 Å². The molecular formula is C16H15FN6S. The number of aromatic nitrogens is 6. The minimum atomic E-state index is -0.247. The van der Waals surface area contributed by atoms with Gasteiger partial charge >= 0.3 is 0 Å². The Morgan fingerprint density at radius 2 is 1.92 bits per heavy atom. The second-order valence-corrected chi connectivity index (χ2v) is 6.46. The number of nitrogens with zero attached hydrogens (tertiary/aromatic N) is 6. The Morgan fingerprint density at radius 3 is 2.62 bits per heavy atom. The van der Waals surface area contributed by atoms with Crippen LogP contribution < -0.4 is 0 Å². The van der Waals surface area contributed by atoms with E-state index in [-0.39, 0.29) is 5.82 Å². The molecule has 0 saturated carbocycles. The Labute approximate surface area is 141 Å². The summed E-state index contributed by atoms with van der Waals surface area (Å²) in [7, 11) is 0. The van der Waals surface area contributed by atoms with Crippen LogP contribution in [0.25, 0.3) is 15.7 Å². The van der Waals surface area contributed by atoms with E-state index >= 15 is 0 Å². The van der Waals surface area contributed by atoms with Gasteiger partial charge in [0.05, 0.1) is 0 Å². The fourth-order valence-electron chi connectivity index (χ4n) is 2.59. The first-order chi connectivity index (χ1) is 11.6. The molecule has 0 bridgehead atoms. The maximum atomic E-state index is 13.0. The van der Waals surface area contributed by atoms with Gasteiger partial charge in [0.15, 0.2) is 10.8 Å². The summed E-state index contributed by atoms with van der Waals surface area (Å²) in [5.41, 5.74) is 2.91. The third-order valence-electron chi connectivity index (χ3n) is 3.83. The van der Waals surface area contributed by atoms with Crippen LogP contribution in [-0.2, 0) is 13.0 Å². The molecule has 8 heteroatoms. The van der Waals surface area contributed by atoms with Crippen LogP contribution in [0.5, 0.6) is 0 Å². The van der Waals surface area contributed by atoms with Crippen LogP contribution in [0.4, 0.5) is 4.39 Å². The number of rotatable bonds is 4. The maximum Gasteiger partial charge on any atom is 0.235 e. The summed E-state index contributed by atoms with van der Waals surface area (Å²) in [6.07, 6.45) is 0.549. The molecule has 0 unspecified atom stereocenters. The van der Waals surface area contributed by atoms with Crippen molar-refractivity contribution >= 4 is 16.3 Å². The molecule has 4 rings (SSSR count). The van der Waals surface area contributed by atoms with Crippen LogP contribution in [0.2, 0.25) is 0 Å². The van der Waals surface area contributed by atoms with Crippen molar-refractivity contribution in [3.05, 3.63) is 53.2 Å². The second-order valence-electron chi connectivity index (χ2n) is 5.51. The number of benzene rings is 1. The van der Waals surface area contributed by atoms with E-state index in [9.17, 15) is 4.39 Å². The smallest absolute Gasteiger partial charge is 0.235 e. The highest BCUT2D eigenvalue weighted by Gasteiger charge is 2.16. The summed E-state index contributed by atoms with van der Waals surface area (Å²) < 4.78 is 16.7. The fraction of sp³-hybridized carbons (Fsp3) is 0.250. The Hall–Kier alpha value is -2.61. The van der Waals surface area contributed by atoms with Gasteiger partial charge in [0.2, 0.25) is 4.96 Å². The zero-order valence-corrected chi connectivity index (χ0v) is 14.1. The lowest BCUT2D eigenvalue weighted by atomic mass is 10.1. The normalized spacial score (nSPS) is 11.5. The van der Waals surface area contributed by atoms with Gasteiger partial charge in [0.25, 0.3) is 0 Å². The third-order valence-corrected chi connectivity index (χ3v) is 4.75. The fourth-order valence-corrected chi connectivity index (χ4v) is 3.40. The van der Waals surface area contributed by atoms with Crippen LogP contribution in [0, 0.1) is 12.7 Å². The van der Waals surface area contributed by atoms with E-state index in [0.717, 1.165) is 39.3 Å². The highest BCUT2D eigenvalue weighted by Crippen LogP contribution is 2.25. The SMILES string of the molecule is CCn1nc(-c2nn3c(Cc4ccc(F)cc4)nnc3s2)cc1C. The summed E-state index contributed by atoms with van der Waals surface area (Å²) in [5, 5.41) is 18.4. The van der Waals surface area contributed by atoms with Gasteiger partial charge in [-0.05, 0) is 37.6 Å². The predicted octanol–water partition coefficient (Wildman–Crippen LogP) is 3.11. The van der Waals surface area contributed by atoms with Crippen molar-refractivity contribution in [1.29, 1.82) is 0 Å². The monoisotopic (exact) mass is 342 g/mol. The topological polar surface area (TPSA) is 60.9 Å². The quantitative estimate of drug-likeness (QED) is 0.572. The first-order valence-corrected chi connectivity index (χ1v) is 8.46. The molecule has 24 heavy (non-hydrogen) atoms. The van der Waals surface area contributed by atoms with Gasteiger partial charge in [-0.1, -0.05) is 23.5 Å². The molecule has 0 radical (unpaired) electrons. The second kappa shape index (κ2) is 5.79. The van der Waals surface area contributed by atoms with Crippen molar-refractivity contribution in [2.75, 3.05) is 0 Å². The van der Waals surface area contributed by atoms with Gasteiger partial charge in [-0.3, -0.25) is 4.68 Å². The average molecular weight is 342 g/mol. The van der Waals surface area contributed by atoms with Crippen LogP contribution in [0.1, 0.15) is 24.0 Å². The van der Waals surface area contributed by atoms with Crippen LogP contribution in [0.15, 0.2) is 30.3 Å². The first kappa shape index (κ1) is 14.9. The minimum absolute atomic E-state index is 0.247. The molecule has 0 aliphatic rings. The molecule has 0 spiro atoms. The number of hydrogen-bond donors (Lipinski definition) is 0. The van der Waals surface area contributed by atoms with E-state index in [1.807, 2.05) is 17.7 Å².